The first-order valence-corrected chi connectivity index (χ1v) is 9.52. The molecule has 1 aromatic carbocycles. The van der Waals surface area contributed by atoms with Crippen LogP contribution in [0.2, 0.25) is 5.02 Å². The molecule has 7 nitrogen and oxygen atoms in total. The zero-order valence-corrected chi connectivity index (χ0v) is 17.0. The smallest absolute Gasteiger partial charge is 0.435 e. The van der Waals surface area contributed by atoms with E-state index in [2.05, 4.69) is 15.5 Å². The summed E-state index contributed by atoms with van der Waals surface area (Å²) in [5, 5.41) is 10.2. The minimum Gasteiger partial charge on any atom is -0.471 e. The van der Waals surface area contributed by atoms with E-state index in [0.29, 0.717) is 17.9 Å². The molecule has 1 amide bonds. The average molecular weight is 460 g/mol. The van der Waals surface area contributed by atoms with Gasteiger partial charge in [0.05, 0.1) is 5.02 Å². The number of hydrogen-bond donors (Lipinski definition) is 1. The molecule has 0 saturated heterocycles. The predicted molar refractivity (Wildman–Crippen MR) is 103 cm³/mol. The molecule has 166 valence electrons. The van der Waals surface area contributed by atoms with Crippen LogP contribution in [-0.2, 0) is 19.5 Å². The fourth-order valence-corrected chi connectivity index (χ4v) is 2.83. The lowest BCUT2D eigenvalue weighted by Crippen LogP contribution is -2.26. The van der Waals surface area contributed by atoms with Crippen LogP contribution in [0.1, 0.15) is 28.3 Å². The summed E-state index contributed by atoms with van der Waals surface area (Å²) in [6.07, 6.45) is -2.57. The number of rotatable bonds is 8. The van der Waals surface area contributed by atoms with Crippen LogP contribution in [0, 0.1) is 12.7 Å². The number of alkyl halides is 3. The molecule has 0 bridgehead atoms. The Morgan fingerprint density at radius 3 is 2.68 bits per heavy atom. The van der Waals surface area contributed by atoms with Crippen molar-refractivity contribution in [2.75, 3.05) is 6.54 Å². The molecule has 0 radical (unpaired) electrons. The number of hydrogen-bond acceptors (Lipinski definition) is 4. The van der Waals surface area contributed by atoms with Crippen LogP contribution in [0.3, 0.4) is 0 Å². The lowest BCUT2D eigenvalue weighted by molar-refractivity contribution is -0.141. The van der Waals surface area contributed by atoms with Crippen LogP contribution in [0.5, 0.6) is 5.75 Å². The minimum atomic E-state index is -4.49. The van der Waals surface area contributed by atoms with Crippen LogP contribution >= 0.6 is 11.6 Å². The van der Waals surface area contributed by atoms with Crippen molar-refractivity contribution >= 4 is 17.5 Å². The Balaban J connectivity index is 1.44. The van der Waals surface area contributed by atoms with E-state index in [4.69, 9.17) is 16.3 Å². The maximum absolute atomic E-state index is 13.1. The van der Waals surface area contributed by atoms with E-state index in [-0.39, 0.29) is 30.5 Å². The Bertz CT molecular complexity index is 1060. The normalized spacial score (nSPS) is 11.5. The molecule has 0 aliphatic rings. The maximum Gasteiger partial charge on any atom is 0.435 e. The first-order valence-electron chi connectivity index (χ1n) is 9.14. The molecular formula is C19H18ClF4N5O2. The van der Waals surface area contributed by atoms with Gasteiger partial charge in [0, 0.05) is 31.0 Å². The van der Waals surface area contributed by atoms with Gasteiger partial charge in [0.25, 0.3) is 5.91 Å². The van der Waals surface area contributed by atoms with Crippen molar-refractivity contribution < 1.29 is 27.1 Å². The molecule has 3 rings (SSSR count). The predicted octanol–water partition coefficient (Wildman–Crippen LogP) is 4.06. The number of nitrogens with one attached hydrogen (secondary N) is 1. The number of ether oxygens (including phenoxy) is 1. The second-order valence-electron chi connectivity index (χ2n) is 6.59. The third-order valence-corrected chi connectivity index (χ3v) is 4.52. The minimum absolute atomic E-state index is 0.0185. The highest BCUT2D eigenvalue weighted by atomic mass is 35.5. The number of benzene rings is 1. The Kier molecular flexibility index (Phi) is 6.84. The summed E-state index contributed by atoms with van der Waals surface area (Å²) >= 11 is 5.68. The summed E-state index contributed by atoms with van der Waals surface area (Å²) < 4.78 is 59.2. The molecule has 0 spiro atoms. The molecule has 0 aliphatic carbocycles. The zero-order chi connectivity index (χ0) is 22.6. The topological polar surface area (TPSA) is 74.0 Å². The van der Waals surface area contributed by atoms with E-state index in [1.807, 2.05) is 0 Å². The van der Waals surface area contributed by atoms with Crippen molar-refractivity contribution in [3.05, 3.63) is 64.5 Å². The number of carbonyl (C=O) groups is 1. The van der Waals surface area contributed by atoms with Gasteiger partial charge in [-0.25, -0.2) is 9.07 Å². The van der Waals surface area contributed by atoms with Crippen molar-refractivity contribution in [1.29, 1.82) is 0 Å². The van der Waals surface area contributed by atoms with E-state index < -0.39 is 23.6 Å². The molecule has 2 heterocycles. The highest BCUT2D eigenvalue weighted by Gasteiger charge is 2.34. The van der Waals surface area contributed by atoms with Gasteiger partial charge in [-0.15, -0.1) is 0 Å². The molecule has 0 unspecified atom stereocenters. The van der Waals surface area contributed by atoms with E-state index >= 15 is 0 Å². The van der Waals surface area contributed by atoms with Gasteiger partial charge in [-0.1, -0.05) is 11.6 Å². The molecule has 1 N–H and O–H groups in total. The molecule has 0 fully saturated rings. The van der Waals surface area contributed by atoms with E-state index in [1.54, 1.807) is 0 Å². The van der Waals surface area contributed by atoms with Crippen LogP contribution < -0.4 is 10.1 Å². The molecule has 2 aromatic heterocycles. The first-order chi connectivity index (χ1) is 14.6. The van der Waals surface area contributed by atoms with Crippen LogP contribution in [0.4, 0.5) is 17.6 Å². The number of amides is 1. The summed E-state index contributed by atoms with van der Waals surface area (Å²) in [6, 6.07) is 6.38. The number of aryl methyl sites for hydroxylation is 2. The molecule has 0 atom stereocenters. The van der Waals surface area contributed by atoms with Gasteiger partial charge < -0.3 is 10.1 Å². The summed E-state index contributed by atoms with van der Waals surface area (Å²) in [5.74, 6) is -0.650. The van der Waals surface area contributed by atoms with Crippen LogP contribution in [0.15, 0.2) is 36.5 Å². The number of aromatic nitrogens is 4. The van der Waals surface area contributed by atoms with Crippen molar-refractivity contribution in [3.63, 3.8) is 0 Å². The van der Waals surface area contributed by atoms with Gasteiger partial charge in [-0.3, -0.25) is 9.48 Å². The Morgan fingerprint density at radius 2 is 2.00 bits per heavy atom. The second-order valence-corrected chi connectivity index (χ2v) is 7.00. The molecular weight excluding hydrogens is 442 g/mol. The fraction of sp³-hybridized carbons (Fsp3) is 0.316. The third kappa shape index (κ3) is 5.97. The van der Waals surface area contributed by atoms with Gasteiger partial charge >= 0.3 is 6.18 Å². The van der Waals surface area contributed by atoms with Gasteiger partial charge in [0.1, 0.15) is 17.3 Å². The van der Waals surface area contributed by atoms with Gasteiger partial charge in [0.15, 0.2) is 12.4 Å². The Hall–Kier alpha value is -3.08. The maximum atomic E-state index is 13.1. The van der Waals surface area contributed by atoms with E-state index in [9.17, 15) is 22.4 Å². The van der Waals surface area contributed by atoms with Gasteiger partial charge in [0.2, 0.25) is 0 Å². The lowest BCUT2D eigenvalue weighted by Gasteiger charge is -2.07. The lowest BCUT2D eigenvalue weighted by atomic mass is 10.3. The van der Waals surface area contributed by atoms with Crippen molar-refractivity contribution in [3.8, 4) is 5.75 Å². The van der Waals surface area contributed by atoms with Gasteiger partial charge in [-0.2, -0.15) is 23.4 Å². The Labute approximate surface area is 179 Å². The van der Waals surface area contributed by atoms with Crippen LogP contribution in [0.25, 0.3) is 0 Å². The standard InChI is InChI=1S/C19H18ClF4N5O2/c1-12-9-17(19(22,23)24)27-29(12)7-2-6-25-18(30)16-5-8-28(26-16)11-31-13-3-4-15(21)14(20)10-13/h3-5,8-10H,2,6-7,11H2,1H3,(H,25,30). The van der Waals surface area contributed by atoms with Crippen molar-refractivity contribution in [2.24, 2.45) is 0 Å². The number of nitrogens with zero attached hydrogens (tertiary/aromatic N) is 4. The molecule has 12 heteroatoms. The monoisotopic (exact) mass is 459 g/mol. The van der Waals surface area contributed by atoms with E-state index in [1.165, 1.54) is 46.7 Å². The quantitative estimate of drug-likeness (QED) is 0.407. The fourth-order valence-electron chi connectivity index (χ4n) is 2.66. The summed E-state index contributed by atoms with van der Waals surface area (Å²) in [6.45, 7) is 1.98. The molecule has 0 saturated carbocycles. The first kappa shape index (κ1) is 22.6. The molecule has 3 aromatic rings. The Morgan fingerprint density at radius 1 is 1.23 bits per heavy atom. The summed E-state index contributed by atoms with van der Waals surface area (Å²) in [4.78, 5) is 12.2. The average Bonchev–Trinajstić information content (AvgIpc) is 3.33. The third-order valence-electron chi connectivity index (χ3n) is 4.23. The number of halogens is 5. The highest BCUT2D eigenvalue weighted by Crippen LogP contribution is 2.28. The summed E-state index contributed by atoms with van der Waals surface area (Å²) in [7, 11) is 0. The van der Waals surface area contributed by atoms with Gasteiger partial charge in [-0.05, 0) is 37.6 Å². The molecule has 31 heavy (non-hydrogen) atoms. The van der Waals surface area contributed by atoms with Crippen molar-refractivity contribution in [2.45, 2.75) is 32.8 Å². The largest absolute Gasteiger partial charge is 0.471 e. The number of carbonyl (C=O) groups excluding carboxylic acids is 1. The molecule has 0 aliphatic heterocycles. The van der Waals surface area contributed by atoms with Crippen molar-refractivity contribution in [1.82, 2.24) is 24.9 Å². The zero-order valence-electron chi connectivity index (χ0n) is 16.3. The second kappa shape index (κ2) is 9.38. The SMILES string of the molecule is Cc1cc(C(F)(F)F)nn1CCCNC(=O)c1ccn(COc2ccc(F)c(Cl)c2)n1. The van der Waals surface area contributed by atoms with Crippen LogP contribution in [-0.4, -0.2) is 32.0 Å². The highest BCUT2D eigenvalue weighted by molar-refractivity contribution is 6.30. The summed E-state index contributed by atoms with van der Waals surface area (Å²) in [5.41, 5.74) is -0.403. The van der Waals surface area contributed by atoms with E-state index in [0.717, 1.165) is 6.07 Å².